The third-order valence-corrected chi connectivity index (χ3v) is 5.88. The van der Waals surface area contributed by atoms with E-state index in [0.29, 0.717) is 5.69 Å². The summed E-state index contributed by atoms with van der Waals surface area (Å²) in [4.78, 5) is 44.7. The monoisotopic (exact) mass is 482 g/mol. The van der Waals surface area contributed by atoms with Gasteiger partial charge in [-0.3, -0.25) is 29.1 Å². The predicted octanol–water partition coefficient (Wildman–Crippen LogP) is 3.00. The van der Waals surface area contributed by atoms with Crippen molar-refractivity contribution in [2.24, 2.45) is 0 Å². The highest BCUT2D eigenvalue weighted by molar-refractivity contribution is 6.00. The Bertz CT molecular complexity index is 1340. The number of aryl methyl sites for hydroxylation is 1. The van der Waals surface area contributed by atoms with Gasteiger partial charge in [-0.15, -0.1) is 0 Å². The number of nitrogens with zero attached hydrogens (tertiary/aromatic N) is 4. The first-order chi connectivity index (χ1) is 16.7. The van der Waals surface area contributed by atoms with Crippen molar-refractivity contribution in [1.82, 2.24) is 14.6 Å². The molecule has 3 aromatic rings. The lowest BCUT2D eigenvalue weighted by Gasteiger charge is -2.41. The number of amides is 1. The molecule has 0 saturated heterocycles. The largest absolute Gasteiger partial charge is 0.502 e. The molecule has 0 saturated carbocycles. The topological polar surface area (TPSA) is 95.7 Å². The van der Waals surface area contributed by atoms with Crippen molar-refractivity contribution in [2.45, 2.75) is 39.3 Å². The Labute approximate surface area is 200 Å². The number of carbonyl (C=O) groups is 2. The van der Waals surface area contributed by atoms with E-state index in [-0.39, 0.29) is 48.9 Å². The van der Waals surface area contributed by atoms with Crippen LogP contribution in [0.4, 0.5) is 8.78 Å². The summed E-state index contributed by atoms with van der Waals surface area (Å²) >= 11 is 0. The van der Waals surface area contributed by atoms with Crippen LogP contribution in [0.3, 0.4) is 0 Å². The van der Waals surface area contributed by atoms with Gasteiger partial charge in [-0.25, -0.2) is 8.78 Å². The van der Waals surface area contributed by atoms with Gasteiger partial charge in [-0.2, -0.15) is 0 Å². The zero-order valence-corrected chi connectivity index (χ0v) is 19.2. The van der Waals surface area contributed by atoms with Gasteiger partial charge in [-0.05, 0) is 44.0 Å². The standard InChI is InChI=1S/C25H24F2N4O4/c1-15(2)30-14-29(12-18-5-3-4-10-28-18)31-13-19(23(33)24(34)22(31)25(30)35)21(32)9-7-16-6-8-17(26)11-20(16)27/h3-6,8,10-11,13,15,34H,7,9,12,14H2,1-2H3. The minimum atomic E-state index is -0.974. The molecular weight excluding hydrogens is 458 g/mol. The lowest BCUT2D eigenvalue weighted by molar-refractivity contribution is 0.0626. The van der Waals surface area contributed by atoms with E-state index < -0.39 is 34.5 Å². The summed E-state index contributed by atoms with van der Waals surface area (Å²) in [6, 6.07) is 8.20. The lowest BCUT2D eigenvalue weighted by atomic mass is 10.0. The summed E-state index contributed by atoms with van der Waals surface area (Å²) in [5, 5.41) is 12.4. The Morgan fingerprint density at radius 1 is 1.17 bits per heavy atom. The van der Waals surface area contributed by atoms with Crippen molar-refractivity contribution >= 4 is 11.7 Å². The van der Waals surface area contributed by atoms with Gasteiger partial charge in [0.1, 0.15) is 18.3 Å². The van der Waals surface area contributed by atoms with Crippen LogP contribution in [0.15, 0.2) is 53.6 Å². The van der Waals surface area contributed by atoms with Crippen LogP contribution < -0.4 is 10.4 Å². The summed E-state index contributed by atoms with van der Waals surface area (Å²) in [5.74, 6) is -3.53. The number of rotatable bonds is 7. The molecule has 4 rings (SSSR count). The van der Waals surface area contributed by atoms with Crippen LogP contribution in [0.2, 0.25) is 0 Å². The van der Waals surface area contributed by atoms with Gasteiger partial charge in [0.25, 0.3) is 5.91 Å². The third-order valence-electron chi connectivity index (χ3n) is 5.88. The van der Waals surface area contributed by atoms with Crippen molar-refractivity contribution in [3.8, 4) is 5.75 Å². The molecule has 0 aliphatic carbocycles. The summed E-state index contributed by atoms with van der Waals surface area (Å²) in [6.45, 7) is 4.00. The number of aromatic nitrogens is 2. The quantitative estimate of drug-likeness (QED) is 0.521. The fourth-order valence-corrected chi connectivity index (χ4v) is 3.96. The van der Waals surface area contributed by atoms with E-state index in [1.165, 1.54) is 21.8 Å². The molecule has 0 atom stereocenters. The smallest absolute Gasteiger partial charge is 0.278 e. The molecule has 1 aromatic carbocycles. The number of benzene rings is 1. The second kappa shape index (κ2) is 9.65. The second-order valence-electron chi connectivity index (χ2n) is 8.57. The second-order valence-corrected chi connectivity index (χ2v) is 8.57. The molecule has 1 amide bonds. The molecule has 35 heavy (non-hydrogen) atoms. The highest BCUT2D eigenvalue weighted by Crippen LogP contribution is 2.24. The van der Waals surface area contributed by atoms with Gasteiger partial charge in [0.05, 0.1) is 17.8 Å². The Morgan fingerprint density at radius 2 is 1.94 bits per heavy atom. The van der Waals surface area contributed by atoms with E-state index >= 15 is 0 Å². The van der Waals surface area contributed by atoms with Gasteiger partial charge in [0.2, 0.25) is 5.43 Å². The SMILES string of the molecule is CC(C)N1CN(Cc2ccccn2)n2cc(C(=O)CCc3ccc(F)cc3F)c(=O)c(O)c2C1=O. The molecule has 0 bridgehead atoms. The summed E-state index contributed by atoms with van der Waals surface area (Å²) in [7, 11) is 0. The zero-order valence-electron chi connectivity index (χ0n) is 19.2. The van der Waals surface area contributed by atoms with Crippen molar-refractivity contribution in [2.75, 3.05) is 11.7 Å². The van der Waals surface area contributed by atoms with Crippen LogP contribution in [-0.2, 0) is 13.0 Å². The molecule has 2 aromatic heterocycles. The van der Waals surface area contributed by atoms with Gasteiger partial charge in [-0.1, -0.05) is 12.1 Å². The maximum Gasteiger partial charge on any atom is 0.278 e. The average Bonchev–Trinajstić information content (AvgIpc) is 2.82. The molecule has 182 valence electrons. The normalized spacial score (nSPS) is 13.3. The zero-order chi connectivity index (χ0) is 25.3. The van der Waals surface area contributed by atoms with Gasteiger partial charge < -0.3 is 10.0 Å². The number of fused-ring (bicyclic) bond motifs is 1. The number of halogens is 2. The molecule has 0 unspecified atom stereocenters. The van der Waals surface area contributed by atoms with E-state index in [0.717, 1.165) is 12.1 Å². The third kappa shape index (κ3) is 4.77. The average molecular weight is 482 g/mol. The molecule has 3 heterocycles. The number of hydrogen-bond acceptors (Lipinski definition) is 6. The molecule has 1 aliphatic rings. The van der Waals surface area contributed by atoms with E-state index in [9.17, 15) is 28.3 Å². The van der Waals surface area contributed by atoms with Crippen LogP contribution in [0.5, 0.6) is 5.75 Å². The van der Waals surface area contributed by atoms with Crippen molar-refractivity contribution < 1.29 is 23.5 Å². The maximum atomic E-state index is 14.0. The Kier molecular flexibility index (Phi) is 6.63. The Balaban J connectivity index is 1.71. The van der Waals surface area contributed by atoms with Crippen molar-refractivity contribution in [1.29, 1.82) is 0 Å². The van der Waals surface area contributed by atoms with Gasteiger partial charge in [0.15, 0.2) is 17.2 Å². The fourth-order valence-electron chi connectivity index (χ4n) is 3.96. The predicted molar refractivity (Wildman–Crippen MR) is 124 cm³/mol. The highest BCUT2D eigenvalue weighted by atomic mass is 19.1. The Hall–Kier alpha value is -4.08. The van der Waals surface area contributed by atoms with E-state index in [1.54, 1.807) is 23.3 Å². The molecular formula is C25H24F2N4O4. The number of ketones is 1. The molecule has 1 N–H and O–H groups in total. The minimum Gasteiger partial charge on any atom is -0.502 e. The molecule has 0 fully saturated rings. The van der Waals surface area contributed by atoms with Gasteiger partial charge >= 0.3 is 0 Å². The summed E-state index contributed by atoms with van der Waals surface area (Å²) in [6.07, 6.45) is 2.55. The number of hydrogen-bond donors (Lipinski definition) is 1. The van der Waals surface area contributed by atoms with Crippen LogP contribution in [0.25, 0.3) is 0 Å². The Morgan fingerprint density at radius 3 is 2.60 bits per heavy atom. The number of Topliss-reactive ketones (excluding diaryl/α,β-unsaturated/α-hetero) is 1. The van der Waals surface area contributed by atoms with Crippen molar-refractivity contribution in [3.05, 3.63) is 93.2 Å². The minimum absolute atomic E-state index is 0.0649. The highest BCUT2D eigenvalue weighted by Gasteiger charge is 2.35. The van der Waals surface area contributed by atoms with Crippen LogP contribution in [0.1, 0.15) is 52.4 Å². The first-order valence-electron chi connectivity index (χ1n) is 11.1. The first-order valence-corrected chi connectivity index (χ1v) is 11.1. The van der Waals surface area contributed by atoms with Gasteiger partial charge in [0, 0.05) is 30.9 Å². The summed E-state index contributed by atoms with van der Waals surface area (Å²) in [5.41, 5.74) is -0.744. The summed E-state index contributed by atoms with van der Waals surface area (Å²) < 4.78 is 28.4. The van der Waals surface area contributed by atoms with Crippen LogP contribution >= 0.6 is 0 Å². The van der Waals surface area contributed by atoms with Crippen molar-refractivity contribution in [3.63, 3.8) is 0 Å². The molecule has 1 aliphatic heterocycles. The molecule has 0 radical (unpaired) electrons. The number of pyridine rings is 2. The lowest BCUT2D eigenvalue weighted by Crippen LogP contribution is -2.56. The van der Waals surface area contributed by atoms with Crippen LogP contribution in [-0.4, -0.2) is 44.1 Å². The van der Waals surface area contributed by atoms with E-state index in [1.807, 2.05) is 19.9 Å². The molecule has 0 spiro atoms. The van der Waals surface area contributed by atoms with E-state index in [2.05, 4.69) is 4.98 Å². The van der Waals surface area contributed by atoms with Crippen LogP contribution in [0, 0.1) is 11.6 Å². The molecule has 10 heteroatoms. The fraction of sp³-hybridized carbons (Fsp3) is 0.280. The first kappa shape index (κ1) is 24.1. The van der Waals surface area contributed by atoms with E-state index in [4.69, 9.17) is 0 Å². The number of carbonyl (C=O) groups excluding carboxylic acids is 2. The number of aromatic hydroxyl groups is 1. The molecule has 8 nitrogen and oxygen atoms in total. The maximum absolute atomic E-state index is 14.0.